The zero-order valence-electron chi connectivity index (χ0n) is 17.7. The van der Waals surface area contributed by atoms with Gasteiger partial charge in [-0.1, -0.05) is 38.1 Å². The number of amides is 1. The van der Waals surface area contributed by atoms with E-state index in [0.29, 0.717) is 29.6 Å². The van der Waals surface area contributed by atoms with E-state index < -0.39 is 11.7 Å². The van der Waals surface area contributed by atoms with E-state index >= 15 is 0 Å². The van der Waals surface area contributed by atoms with E-state index in [1.165, 1.54) is 28.8 Å². The molecule has 0 atom stereocenters. The molecule has 0 saturated heterocycles. The van der Waals surface area contributed by atoms with Gasteiger partial charge in [0, 0.05) is 12.6 Å². The van der Waals surface area contributed by atoms with Gasteiger partial charge in [-0.3, -0.25) is 14.3 Å². The Morgan fingerprint density at radius 3 is 2.69 bits per heavy atom. The van der Waals surface area contributed by atoms with Gasteiger partial charge in [0.15, 0.2) is 0 Å². The summed E-state index contributed by atoms with van der Waals surface area (Å²) in [6, 6.07) is 13.9. The van der Waals surface area contributed by atoms with Crippen LogP contribution in [0.2, 0.25) is 0 Å². The minimum atomic E-state index is -0.613. The van der Waals surface area contributed by atoms with Crippen molar-refractivity contribution in [2.45, 2.75) is 27.0 Å². The van der Waals surface area contributed by atoms with Crippen LogP contribution >= 0.6 is 0 Å². The molecule has 0 radical (unpaired) electrons. The summed E-state index contributed by atoms with van der Waals surface area (Å²) in [5.74, 6) is -0.202. The second kappa shape index (κ2) is 9.01. The van der Waals surface area contributed by atoms with E-state index in [4.69, 9.17) is 4.74 Å². The predicted molar refractivity (Wildman–Crippen MR) is 117 cm³/mol. The molecule has 2 aromatic heterocycles. The highest BCUT2D eigenvalue weighted by Gasteiger charge is 2.14. The monoisotopic (exact) mass is 435 g/mol. The number of nitrogens with one attached hydrogen (secondary N) is 1. The standard InChI is InChI=1S/C23H22FN5O3/c1-15(2)12-28-14-25-23-26-16(11-21(30)29(23)28)13-32-20-10-6-5-9-19(20)27-22(31)17-7-3-4-8-18(17)24/h3-11,14-15H,12-13H2,1-2H3,(H,27,31). The molecule has 164 valence electrons. The normalized spacial score (nSPS) is 11.1. The Labute approximate surface area is 183 Å². The number of para-hydroxylation sites is 2. The maximum atomic E-state index is 13.9. The van der Waals surface area contributed by atoms with Gasteiger partial charge in [-0.15, -0.1) is 0 Å². The topological polar surface area (TPSA) is 90.5 Å². The summed E-state index contributed by atoms with van der Waals surface area (Å²) in [7, 11) is 0. The first-order valence-corrected chi connectivity index (χ1v) is 10.1. The van der Waals surface area contributed by atoms with Gasteiger partial charge in [0.2, 0.25) is 0 Å². The molecule has 0 bridgehead atoms. The van der Waals surface area contributed by atoms with Crippen molar-refractivity contribution in [3.8, 4) is 5.75 Å². The van der Waals surface area contributed by atoms with Crippen LogP contribution in [0.1, 0.15) is 29.9 Å². The molecule has 0 aliphatic carbocycles. The Hall–Kier alpha value is -4.01. The second-order valence-electron chi connectivity index (χ2n) is 7.68. The molecule has 4 aromatic rings. The number of ether oxygens (including phenoxy) is 1. The van der Waals surface area contributed by atoms with Crippen LogP contribution in [-0.2, 0) is 13.2 Å². The van der Waals surface area contributed by atoms with Gasteiger partial charge < -0.3 is 10.1 Å². The Morgan fingerprint density at radius 2 is 1.91 bits per heavy atom. The fourth-order valence-corrected chi connectivity index (χ4v) is 3.26. The van der Waals surface area contributed by atoms with Gasteiger partial charge >= 0.3 is 0 Å². The minimum absolute atomic E-state index is 0.00460. The minimum Gasteiger partial charge on any atom is -0.485 e. The molecule has 0 fully saturated rings. The van der Waals surface area contributed by atoms with E-state index in [0.717, 1.165) is 0 Å². The van der Waals surface area contributed by atoms with Crippen LogP contribution in [0.3, 0.4) is 0 Å². The number of hydrogen-bond acceptors (Lipinski definition) is 5. The summed E-state index contributed by atoms with van der Waals surface area (Å²) in [5, 5.41) is 2.66. The number of anilines is 1. The fourth-order valence-electron chi connectivity index (χ4n) is 3.26. The van der Waals surface area contributed by atoms with E-state index in [2.05, 4.69) is 29.1 Å². The number of halogens is 1. The van der Waals surface area contributed by atoms with Crippen LogP contribution < -0.4 is 15.6 Å². The Kier molecular flexibility index (Phi) is 5.98. The van der Waals surface area contributed by atoms with Gasteiger partial charge in [0.25, 0.3) is 17.2 Å². The maximum Gasteiger partial charge on any atom is 0.274 e. The van der Waals surface area contributed by atoms with Gasteiger partial charge in [-0.05, 0) is 30.2 Å². The molecule has 1 amide bonds. The molecule has 9 heteroatoms. The average molecular weight is 435 g/mol. The van der Waals surface area contributed by atoms with Crippen molar-refractivity contribution in [3.05, 3.63) is 88.4 Å². The summed E-state index contributed by atoms with van der Waals surface area (Å²) in [4.78, 5) is 33.7. The van der Waals surface area contributed by atoms with Gasteiger partial charge in [-0.2, -0.15) is 9.50 Å². The number of carbonyl (C=O) groups is 1. The third-order valence-electron chi connectivity index (χ3n) is 4.68. The van der Waals surface area contributed by atoms with Crippen LogP contribution in [-0.4, -0.2) is 25.1 Å². The first-order valence-electron chi connectivity index (χ1n) is 10.1. The summed E-state index contributed by atoms with van der Waals surface area (Å²) in [5.41, 5.74) is 0.451. The molecule has 2 heterocycles. The predicted octanol–water partition coefficient (Wildman–Crippen LogP) is 3.52. The lowest BCUT2D eigenvalue weighted by molar-refractivity contribution is 0.102. The van der Waals surface area contributed by atoms with Crippen LogP contribution in [0.25, 0.3) is 5.78 Å². The van der Waals surface area contributed by atoms with Crippen molar-refractivity contribution in [3.63, 3.8) is 0 Å². The smallest absolute Gasteiger partial charge is 0.274 e. The van der Waals surface area contributed by atoms with Crippen molar-refractivity contribution in [2.24, 2.45) is 5.92 Å². The SMILES string of the molecule is CC(C)Cn1cnc2nc(COc3ccccc3NC(=O)c3ccccc3F)cc(=O)n21. The zero-order chi connectivity index (χ0) is 22.7. The first-order chi connectivity index (χ1) is 15.4. The maximum absolute atomic E-state index is 13.9. The third kappa shape index (κ3) is 4.51. The molecule has 32 heavy (non-hydrogen) atoms. The Balaban J connectivity index is 1.52. The average Bonchev–Trinajstić information content (AvgIpc) is 3.16. The Morgan fingerprint density at radius 1 is 1.16 bits per heavy atom. The molecular formula is C23H22FN5O3. The number of fused-ring (bicyclic) bond motifs is 1. The van der Waals surface area contributed by atoms with Crippen molar-refractivity contribution in [1.29, 1.82) is 0 Å². The molecule has 2 aromatic carbocycles. The molecule has 8 nitrogen and oxygen atoms in total. The quantitative estimate of drug-likeness (QED) is 0.480. The van der Waals surface area contributed by atoms with E-state index in [1.54, 1.807) is 41.3 Å². The van der Waals surface area contributed by atoms with Crippen molar-refractivity contribution in [2.75, 3.05) is 5.32 Å². The number of rotatable bonds is 7. The van der Waals surface area contributed by atoms with Crippen LogP contribution in [0, 0.1) is 11.7 Å². The van der Waals surface area contributed by atoms with E-state index in [1.807, 2.05) is 0 Å². The Bertz CT molecular complexity index is 1330. The van der Waals surface area contributed by atoms with Gasteiger partial charge in [-0.25, -0.2) is 9.37 Å². The van der Waals surface area contributed by atoms with Crippen molar-refractivity contribution >= 4 is 17.4 Å². The van der Waals surface area contributed by atoms with Crippen LogP contribution in [0.5, 0.6) is 5.75 Å². The molecular weight excluding hydrogens is 413 g/mol. The number of nitrogens with zero attached hydrogens (tertiary/aromatic N) is 4. The lowest BCUT2D eigenvalue weighted by atomic mass is 10.2. The second-order valence-corrected chi connectivity index (χ2v) is 7.68. The number of hydrogen-bond donors (Lipinski definition) is 1. The number of aromatic nitrogens is 4. The summed E-state index contributed by atoms with van der Waals surface area (Å²) < 4.78 is 22.9. The highest BCUT2D eigenvalue weighted by molar-refractivity contribution is 6.05. The largest absolute Gasteiger partial charge is 0.485 e. The molecule has 0 aliphatic heterocycles. The lowest BCUT2D eigenvalue weighted by Gasteiger charge is -2.13. The highest BCUT2D eigenvalue weighted by atomic mass is 19.1. The summed E-state index contributed by atoms with van der Waals surface area (Å²) >= 11 is 0. The molecule has 0 aliphatic rings. The molecule has 0 unspecified atom stereocenters. The summed E-state index contributed by atoms with van der Waals surface area (Å²) in [6.07, 6.45) is 1.59. The van der Waals surface area contributed by atoms with Crippen molar-refractivity contribution < 1.29 is 13.9 Å². The molecule has 4 rings (SSSR count). The molecule has 0 spiro atoms. The van der Waals surface area contributed by atoms with Gasteiger partial charge in [0.05, 0.1) is 16.9 Å². The number of benzene rings is 2. The van der Waals surface area contributed by atoms with Crippen LogP contribution in [0.15, 0.2) is 65.7 Å². The fraction of sp³-hybridized carbons (Fsp3) is 0.217. The van der Waals surface area contributed by atoms with E-state index in [9.17, 15) is 14.0 Å². The number of carbonyl (C=O) groups excluding carboxylic acids is 1. The zero-order valence-corrected chi connectivity index (χ0v) is 17.7. The van der Waals surface area contributed by atoms with E-state index in [-0.39, 0.29) is 23.5 Å². The highest BCUT2D eigenvalue weighted by Crippen LogP contribution is 2.25. The third-order valence-corrected chi connectivity index (χ3v) is 4.68. The van der Waals surface area contributed by atoms with Crippen LogP contribution in [0.4, 0.5) is 10.1 Å². The first kappa shape index (κ1) is 21.2. The van der Waals surface area contributed by atoms with Gasteiger partial charge in [0.1, 0.15) is 24.5 Å². The van der Waals surface area contributed by atoms with Crippen molar-refractivity contribution in [1.82, 2.24) is 19.2 Å². The molecule has 0 saturated carbocycles. The lowest BCUT2D eigenvalue weighted by Crippen LogP contribution is -2.23. The molecule has 1 N–H and O–H groups in total. The summed E-state index contributed by atoms with van der Waals surface area (Å²) in [6.45, 7) is 4.74.